The van der Waals surface area contributed by atoms with Gasteiger partial charge in [-0.15, -0.1) is 0 Å². The van der Waals surface area contributed by atoms with Crippen LogP contribution in [0.15, 0.2) is 64.2 Å². The third-order valence-corrected chi connectivity index (χ3v) is 6.32. The van der Waals surface area contributed by atoms with Gasteiger partial charge in [0.25, 0.3) is 11.1 Å². The lowest BCUT2D eigenvalue weighted by Crippen LogP contribution is -2.23. The molecule has 34 heavy (non-hydrogen) atoms. The summed E-state index contributed by atoms with van der Waals surface area (Å²) in [5.74, 6) is -0.203. The number of nitrogens with zero attached hydrogens (tertiary/aromatic N) is 3. The zero-order valence-corrected chi connectivity index (χ0v) is 20.0. The quantitative estimate of drug-likeness (QED) is 0.296. The highest BCUT2D eigenvalue weighted by Gasteiger charge is 2.17. The third-order valence-electron chi connectivity index (χ3n) is 5.99. The van der Waals surface area contributed by atoms with Crippen molar-refractivity contribution in [3.63, 3.8) is 0 Å². The number of carbonyl (C=O) groups is 1. The van der Waals surface area contributed by atoms with Crippen molar-refractivity contribution in [3.05, 3.63) is 85.8 Å². The van der Waals surface area contributed by atoms with Gasteiger partial charge in [0.05, 0.1) is 22.3 Å². The third kappa shape index (κ3) is 4.65. The summed E-state index contributed by atoms with van der Waals surface area (Å²) in [6.45, 7) is 2.29. The number of hydrogen-bond donors (Lipinski definition) is 2. The molecule has 0 unspecified atom stereocenters. The molecule has 2 N–H and O–H groups in total. The van der Waals surface area contributed by atoms with E-state index in [0.717, 1.165) is 17.6 Å². The second kappa shape index (κ2) is 10.0. The maximum Gasteiger partial charge on any atom is 0.295 e. The number of nitrogens with one attached hydrogen (secondary N) is 2. The molecule has 1 amide bonds. The van der Waals surface area contributed by atoms with E-state index in [0.29, 0.717) is 47.3 Å². The molecule has 0 spiro atoms. The minimum absolute atomic E-state index is 0.105. The molecule has 0 bridgehead atoms. The average Bonchev–Trinajstić information content (AvgIpc) is 3.04. The number of unbranched alkanes of at least 4 members (excludes halogenated alkanes) is 2. The fraction of sp³-hybridized carbons (Fsp3) is 0.280. The zero-order chi connectivity index (χ0) is 24.2. The Bertz CT molecular complexity index is 1510. The first-order chi connectivity index (χ1) is 16.4. The van der Waals surface area contributed by atoms with Gasteiger partial charge in [-0.2, -0.15) is 0 Å². The summed E-state index contributed by atoms with van der Waals surface area (Å²) < 4.78 is 5.24. The smallest absolute Gasteiger partial charge is 0.295 e. The molecule has 8 nitrogen and oxygen atoms in total. The average molecular weight is 478 g/mol. The van der Waals surface area contributed by atoms with Crippen LogP contribution < -0.4 is 16.4 Å². The van der Waals surface area contributed by atoms with Crippen molar-refractivity contribution >= 4 is 34.7 Å². The molecule has 9 heteroatoms. The van der Waals surface area contributed by atoms with Crippen molar-refractivity contribution in [3.8, 4) is 5.69 Å². The molecule has 2 heterocycles. The molecule has 2 aromatic heterocycles. The summed E-state index contributed by atoms with van der Waals surface area (Å²) in [5.41, 5.74) is 2.09. The SMILES string of the molecule is Cc1c(NC(=O)CCCCCn2c(=S)[nH]c3ccccc3c2=O)c(=O)n(-c2ccccc2)n1C. The Hall–Kier alpha value is -3.72. The van der Waals surface area contributed by atoms with E-state index in [9.17, 15) is 14.4 Å². The number of hydrogen-bond acceptors (Lipinski definition) is 4. The van der Waals surface area contributed by atoms with E-state index >= 15 is 0 Å². The van der Waals surface area contributed by atoms with Crippen molar-refractivity contribution in [1.82, 2.24) is 18.9 Å². The molecule has 0 aliphatic carbocycles. The number of rotatable bonds is 8. The number of fused-ring (bicyclic) bond motifs is 1. The van der Waals surface area contributed by atoms with Crippen molar-refractivity contribution in [1.29, 1.82) is 0 Å². The molecule has 0 atom stereocenters. The van der Waals surface area contributed by atoms with Gasteiger partial charge in [-0.05, 0) is 56.2 Å². The Morgan fingerprint density at radius 1 is 0.971 bits per heavy atom. The minimum atomic E-state index is -0.260. The van der Waals surface area contributed by atoms with Crippen LogP contribution in [0.5, 0.6) is 0 Å². The standard InChI is InChI=1S/C25H27N5O3S/c1-17-22(24(33)30(28(17)2)18-11-5-3-6-12-18)27-21(31)15-7-4-10-16-29-23(32)19-13-8-9-14-20(19)26-25(29)34/h3,5-6,8-9,11-14H,4,7,10,15-16H2,1-2H3,(H,26,34)(H,27,31). The maximum absolute atomic E-state index is 12.9. The van der Waals surface area contributed by atoms with Gasteiger partial charge in [-0.25, -0.2) is 4.68 Å². The number of aromatic amines is 1. The van der Waals surface area contributed by atoms with Crippen LogP contribution in [-0.4, -0.2) is 24.8 Å². The van der Waals surface area contributed by atoms with Crippen molar-refractivity contribution in [2.24, 2.45) is 7.05 Å². The summed E-state index contributed by atoms with van der Waals surface area (Å²) >= 11 is 5.34. The number of benzene rings is 2. The van der Waals surface area contributed by atoms with E-state index in [1.165, 1.54) is 4.68 Å². The highest BCUT2D eigenvalue weighted by atomic mass is 32.1. The Labute approximate surface area is 201 Å². The van der Waals surface area contributed by atoms with Crippen LogP contribution in [0, 0.1) is 11.7 Å². The molecular formula is C25H27N5O3S. The molecule has 0 saturated carbocycles. The largest absolute Gasteiger partial charge is 0.332 e. The lowest BCUT2D eigenvalue weighted by Gasteiger charge is -2.08. The molecule has 176 valence electrons. The lowest BCUT2D eigenvalue weighted by atomic mass is 10.2. The van der Waals surface area contributed by atoms with Crippen LogP contribution in [0.1, 0.15) is 31.4 Å². The summed E-state index contributed by atoms with van der Waals surface area (Å²) in [6.07, 6.45) is 2.40. The van der Waals surface area contributed by atoms with Crippen molar-refractivity contribution in [2.75, 3.05) is 5.32 Å². The molecule has 0 fully saturated rings. The van der Waals surface area contributed by atoms with Crippen LogP contribution in [0.25, 0.3) is 16.6 Å². The number of para-hydroxylation sites is 2. The van der Waals surface area contributed by atoms with Crippen molar-refractivity contribution in [2.45, 2.75) is 39.2 Å². The fourth-order valence-corrected chi connectivity index (χ4v) is 4.33. The van der Waals surface area contributed by atoms with E-state index in [-0.39, 0.29) is 17.0 Å². The van der Waals surface area contributed by atoms with E-state index in [1.54, 1.807) is 29.3 Å². The van der Waals surface area contributed by atoms with Gasteiger partial charge in [0.15, 0.2) is 4.77 Å². The van der Waals surface area contributed by atoms with Gasteiger partial charge >= 0.3 is 0 Å². The van der Waals surface area contributed by atoms with Crippen LogP contribution in [0.2, 0.25) is 0 Å². The topological polar surface area (TPSA) is 93.8 Å². The molecule has 4 rings (SSSR count). The van der Waals surface area contributed by atoms with E-state index in [2.05, 4.69) is 10.3 Å². The van der Waals surface area contributed by atoms with E-state index < -0.39 is 0 Å². The Morgan fingerprint density at radius 3 is 2.44 bits per heavy atom. The lowest BCUT2D eigenvalue weighted by molar-refractivity contribution is -0.116. The van der Waals surface area contributed by atoms with E-state index in [1.807, 2.05) is 48.5 Å². The van der Waals surface area contributed by atoms with Crippen LogP contribution in [-0.2, 0) is 18.4 Å². The van der Waals surface area contributed by atoms with Gasteiger partial charge in [-0.1, -0.05) is 36.8 Å². The molecule has 2 aromatic carbocycles. The normalized spacial score (nSPS) is 11.1. The fourth-order valence-electron chi connectivity index (χ4n) is 4.05. The summed E-state index contributed by atoms with van der Waals surface area (Å²) in [5, 5.41) is 3.39. The number of H-pyrrole nitrogens is 1. The van der Waals surface area contributed by atoms with Gasteiger partial charge < -0.3 is 10.3 Å². The minimum Gasteiger partial charge on any atom is -0.332 e. The second-order valence-electron chi connectivity index (χ2n) is 8.23. The summed E-state index contributed by atoms with van der Waals surface area (Å²) in [6, 6.07) is 16.6. The van der Waals surface area contributed by atoms with Crippen LogP contribution in [0.4, 0.5) is 5.69 Å². The summed E-state index contributed by atoms with van der Waals surface area (Å²) in [4.78, 5) is 41.2. The summed E-state index contributed by atoms with van der Waals surface area (Å²) in [7, 11) is 1.79. The number of aromatic nitrogens is 4. The molecule has 0 aliphatic rings. The Kier molecular flexibility index (Phi) is 6.93. The van der Waals surface area contributed by atoms with Crippen LogP contribution in [0.3, 0.4) is 0 Å². The van der Waals surface area contributed by atoms with Gasteiger partial charge in [0.1, 0.15) is 5.69 Å². The first-order valence-corrected chi connectivity index (χ1v) is 11.6. The first kappa shape index (κ1) is 23.4. The molecule has 0 saturated heterocycles. The number of carbonyl (C=O) groups excluding carboxylic acids is 1. The Morgan fingerprint density at radius 2 is 1.68 bits per heavy atom. The zero-order valence-electron chi connectivity index (χ0n) is 19.2. The molecule has 4 aromatic rings. The first-order valence-electron chi connectivity index (χ1n) is 11.2. The predicted octanol–water partition coefficient (Wildman–Crippen LogP) is 4.06. The predicted molar refractivity (Wildman–Crippen MR) is 136 cm³/mol. The van der Waals surface area contributed by atoms with Gasteiger partial charge in [0, 0.05) is 20.0 Å². The number of anilines is 1. The monoisotopic (exact) mass is 477 g/mol. The highest BCUT2D eigenvalue weighted by Crippen LogP contribution is 2.15. The number of amides is 1. The van der Waals surface area contributed by atoms with Gasteiger partial charge in [-0.3, -0.25) is 23.6 Å². The Balaban J connectivity index is 1.34. The molecular weight excluding hydrogens is 450 g/mol. The van der Waals surface area contributed by atoms with Gasteiger partial charge in [0.2, 0.25) is 5.91 Å². The second-order valence-corrected chi connectivity index (χ2v) is 8.61. The van der Waals surface area contributed by atoms with Crippen LogP contribution >= 0.6 is 12.2 Å². The highest BCUT2D eigenvalue weighted by molar-refractivity contribution is 7.71. The molecule has 0 radical (unpaired) electrons. The van der Waals surface area contributed by atoms with Crippen molar-refractivity contribution < 1.29 is 4.79 Å². The maximum atomic E-state index is 12.9. The van der Waals surface area contributed by atoms with E-state index in [4.69, 9.17) is 12.2 Å². The molecule has 0 aliphatic heterocycles.